The molecule has 2 aliphatic carbocycles. The van der Waals surface area contributed by atoms with Crippen LogP contribution in [0.3, 0.4) is 0 Å². The molecule has 0 spiro atoms. The Balaban J connectivity index is 1.46. The highest BCUT2D eigenvalue weighted by Crippen LogP contribution is 2.29. The van der Waals surface area contributed by atoms with Gasteiger partial charge in [0.1, 0.15) is 5.75 Å². The topological polar surface area (TPSA) is 98.7 Å². The van der Waals surface area contributed by atoms with Gasteiger partial charge in [-0.3, -0.25) is 4.79 Å². The molecule has 6 heteroatoms. The number of hydrogen-bond donors (Lipinski definition) is 4. The summed E-state index contributed by atoms with van der Waals surface area (Å²) in [6.45, 7) is 0. The summed E-state index contributed by atoms with van der Waals surface area (Å²) in [5, 5.41) is 24.7. The molecule has 0 saturated heterocycles. The lowest BCUT2D eigenvalue weighted by Crippen LogP contribution is -2.47. The Morgan fingerprint density at radius 2 is 1.70 bits per heavy atom. The zero-order valence-corrected chi connectivity index (χ0v) is 12.9. The quantitative estimate of drug-likeness (QED) is 0.683. The molecule has 2 amide bonds. The second-order valence-corrected chi connectivity index (χ2v) is 6.52. The predicted molar refractivity (Wildman–Crippen MR) is 84.4 cm³/mol. The third-order valence-electron chi connectivity index (χ3n) is 4.91. The van der Waals surface area contributed by atoms with Crippen LogP contribution in [0, 0.1) is 5.92 Å². The van der Waals surface area contributed by atoms with E-state index in [1.165, 1.54) is 0 Å². The van der Waals surface area contributed by atoms with Crippen LogP contribution in [0.2, 0.25) is 0 Å². The third kappa shape index (κ3) is 3.57. The minimum atomic E-state index is -0.739. The average molecular weight is 318 g/mol. The summed E-state index contributed by atoms with van der Waals surface area (Å²) in [5.41, 5.74) is 2.00. The minimum Gasteiger partial charge on any atom is -0.508 e. The lowest BCUT2D eigenvalue weighted by Gasteiger charge is -2.27. The van der Waals surface area contributed by atoms with Crippen molar-refractivity contribution in [2.75, 3.05) is 0 Å². The summed E-state index contributed by atoms with van der Waals surface area (Å²) in [6.07, 6.45) is 4.00. The van der Waals surface area contributed by atoms with E-state index in [2.05, 4.69) is 10.6 Å². The monoisotopic (exact) mass is 318 g/mol. The molecular weight excluding hydrogens is 296 g/mol. The maximum Gasteiger partial charge on any atom is 0.315 e. The van der Waals surface area contributed by atoms with E-state index in [9.17, 15) is 14.7 Å². The van der Waals surface area contributed by atoms with Crippen LogP contribution in [0.1, 0.15) is 36.8 Å². The Hall–Kier alpha value is -2.24. The van der Waals surface area contributed by atoms with Crippen LogP contribution >= 0.6 is 0 Å². The van der Waals surface area contributed by atoms with Gasteiger partial charge < -0.3 is 20.8 Å². The van der Waals surface area contributed by atoms with Crippen molar-refractivity contribution in [1.82, 2.24) is 10.6 Å². The number of urea groups is 1. The minimum absolute atomic E-state index is 0.00587. The summed E-state index contributed by atoms with van der Waals surface area (Å²) < 4.78 is 0. The number of aromatic hydroxyl groups is 1. The molecule has 1 aromatic rings. The summed E-state index contributed by atoms with van der Waals surface area (Å²) in [7, 11) is 0. The highest BCUT2D eigenvalue weighted by Gasteiger charge is 2.28. The first-order valence-corrected chi connectivity index (χ1v) is 8.12. The van der Waals surface area contributed by atoms with E-state index in [1.807, 2.05) is 12.1 Å². The van der Waals surface area contributed by atoms with Gasteiger partial charge in [-0.05, 0) is 55.7 Å². The van der Waals surface area contributed by atoms with Crippen LogP contribution in [0.25, 0.3) is 0 Å². The summed E-state index contributed by atoms with van der Waals surface area (Å²) in [4.78, 5) is 23.0. The van der Waals surface area contributed by atoms with E-state index in [1.54, 1.807) is 6.07 Å². The number of carbonyl (C=O) groups excluding carboxylic acids is 1. The van der Waals surface area contributed by atoms with Gasteiger partial charge in [-0.25, -0.2) is 4.79 Å². The molecule has 0 aromatic heterocycles. The van der Waals surface area contributed by atoms with Crippen LogP contribution in [0.15, 0.2) is 18.2 Å². The van der Waals surface area contributed by atoms with Gasteiger partial charge in [-0.1, -0.05) is 12.1 Å². The molecule has 1 atom stereocenters. The number of hydrogen-bond acceptors (Lipinski definition) is 3. The van der Waals surface area contributed by atoms with E-state index in [-0.39, 0.29) is 24.0 Å². The normalized spacial score (nSPS) is 26.3. The molecule has 0 radical (unpaired) electrons. The Morgan fingerprint density at radius 1 is 1.00 bits per heavy atom. The van der Waals surface area contributed by atoms with Crippen LogP contribution in [-0.2, 0) is 17.6 Å². The molecule has 2 aliphatic rings. The van der Waals surface area contributed by atoms with Crippen molar-refractivity contribution in [3.05, 3.63) is 29.3 Å². The molecule has 3 rings (SSSR count). The number of carboxylic acids is 1. The predicted octanol–water partition coefficient (Wildman–Crippen LogP) is 1.80. The van der Waals surface area contributed by atoms with Crippen molar-refractivity contribution in [3.63, 3.8) is 0 Å². The summed E-state index contributed by atoms with van der Waals surface area (Å²) in [6, 6.07) is 5.29. The number of rotatable bonds is 3. The smallest absolute Gasteiger partial charge is 0.315 e. The fourth-order valence-corrected chi connectivity index (χ4v) is 3.63. The largest absolute Gasteiger partial charge is 0.508 e. The maximum atomic E-state index is 12.1. The number of benzene rings is 1. The Labute approximate surface area is 134 Å². The Bertz CT molecular complexity index is 609. The number of carboxylic acid groups (broad SMARTS) is 1. The fraction of sp³-hybridized carbons (Fsp3) is 0.529. The van der Waals surface area contributed by atoms with Crippen molar-refractivity contribution in [3.8, 4) is 5.75 Å². The van der Waals surface area contributed by atoms with Gasteiger partial charge in [0.15, 0.2) is 0 Å². The van der Waals surface area contributed by atoms with E-state index < -0.39 is 5.97 Å². The van der Waals surface area contributed by atoms with Crippen molar-refractivity contribution >= 4 is 12.0 Å². The first-order chi connectivity index (χ1) is 11.0. The molecule has 4 N–H and O–H groups in total. The van der Waals surface area contributed by atoms with Crippen LogP contribution in [-0.4, -0.2) is 34.3 Å². The molecule has 0 aliphatic heterocycles. The van der Waals surface area contributed by atoms with Crippen LogP contribution < -0.4 is 10.6 Å². The molecule has 0 heterocycles. The van der Waals surface area contributed by atoms with Gasteiger partial charge >= 0.3 is 12.0 Å². The highest BCUT2D eigenvalue weighted by molar-refractivity contribution is 5.75. The van der Waals surface area contributed by atoms with Crippen molar-refractivity contribution in [1.29, 1.82) is 0 Å². The number of nitrogens with one attached hydrogen (secondary N) is 2. The van der Waals surface area contributed by atoms with Gasteiger partial charge in [-0.2, -0.15) is 0 Å². The number of phenols is 1. The van der Waals surface area contributed by atoms with Gasteiger partial charge in [-0.15, -0.1) is 0 Å². The number of phenolic OH excluding ortho intramolecular Hbond substituents is 1. The van der Waals surface area contributed by atoms with E-state index in [0.717, 1.165) is 17.5 Å². The zero-order chi connectivity index (χ0) is 16.4. The molecular formula is C17H22N2O4. The average Bonchev–Trinajstić information content (AvgIpc) is 2.91. The van der Waals surface area contributed by atoms with Crippen LogP contribution in [0.5, 0.6) is 5.75 Å². The molecule has 1 saturated carbocycles. The van der Waals surface area contributed by atoms with E-state index in [0.29, 0.717) is 37.9 Å². The molecule has 1 aromatic carbocycles. The standard InChI is InChI=1S/C17H22N2O4/c20-15-3-1-2-11-8-13(9-14(11)15)19-17(23)18-12-6-4-10(5-7-12)16(21)22/h1-3,10,12-13,20H,4-9H2,(H,21,22)(H2,18,19,23). The molecule has 1 fully saturated rings. The lowest BCUT2D eigenvalue weighted by atomic mass is 9.86. The van der Waals surface area contributed by atoms with Gasteiger partial charge in [0.05, 0.1) is 5.92 Å². The molecule has 124 valence electrons. The third-order valence-corrected chi connectivity index (χ3v) is 4.91. The highest BCUT2D eigenvalue weighted by atomic mass is 16.4. The summed E-state index contributed by atoms with van der Waals surface area (Å²) >= 11 is 0. The number of amides is 2. The van der Waals surface area contributed by atoms with Crippen LogP contribution in [0.4, 0.5) is 4.79 Å². The lowest BCUT2D eigenvalue weighted by molar-refractivity contribution is -0.142. The van der Waals surface area contributed by atoms with E-state index >= 15 is 0 Å². The molecule has 23 heavy (non-hydrogen) atoms. The second-order valence-electron chi connectivity index (χ2n) is 6.52. The molecule has 6 nitrogen and oxygen atoms in total. The van der Waals surface area contributed by atoms with E-state index in [4.69, 9.17) is 5.11 Å². The van der Waals surface area contributed by atoms with Gasteiger partial charge in [0.25, 0.3) is 0 Å². The SMILES string of the molecule is O=C(NC1CCC(C(=O)O)CC1)NC1Cc2cccc(O)c2C1. The molecule has 0 bridgehead atoms. The Morgan fingerprint density at radius 3 is 2.35 bits per heavy atom. The van der Waals surface area contributed by atoms with Crippen molar-refractivity contribution < 1.29 is 19.8 Å². The first-order valence-electron chi connectivity index (χ1n) is 8.12. The van der Waals surface area contributed by atoms with Gasteiger partial charge in [0.2, 0.25) is 0 Å². The number of fused-ring (bicyclic) bond motifs is 1. The van der Waals surface area contributed by atoms with Crippen molar-refractivity contribution in [2.45, 2.75) is 50.6 Å². The molecule has 1 unspecified atom stereocenters. The Kier molecular flexibility index (Phi) is 4.41. The fourth-order valence-electron chi connectivity index (χ4n) is 3.63. The maximum absolute atomic E-state index is 12.1. The van der Waals surface area contributed by atoms with Gasteiger partial charge in [0, 0.05) is 12.1 Å². The number of carbonyl (C=O) groups is 2. The van der Waals surface area contributed by atoms with Crippen molar-refractivity contribution in [2.24, 2.45) is 5.92 Å². The first kappa shape index (κ1) is 15.6. The summed E-state index contributed by atoms with van der Waals surface area (Å²) in [5.74, 6) is -0.723. The zero-order valence-electron chi connectivity index (χ0n) is 12.9. The second kappa shape index (κ2) is 6.48. The number of aliphatic carboxylic acids is 1.